The van der Waals surface area contributed by atoms with Crippen molar-refractivity contribution in [1.29, 1.82) is 0 Å². The second-order valence-corrected chi connectivity index (χ2v) is 25.7. The molecule has 2 aliphatic heterocycles. The molecule has 19 heteroatoms. The Morgan fingerprint density at radius 2 is 1.27 bits per heavy atom. The summed E-state index contributed by atoms with van der Waals surface area (Å²) in [5.74, 6) is -0.869. The molecule has 70 heavy (non-hydrogen) atoms. The van der Waals surface area contributed by atoms with Crippen LogP contribution in [-0.2, 0) is 41.1 Å². The van der Waals surface area contributed by atoms with Crippen LogP contribution in [0.3, 0.4) is 0 Å². The number of benzene rings is 5. The molecule has 2 N–H and O–H groups in total. The van der Waals surface area contributed by atoms with Crippen LogP contribution in [0.2, 0.25) is 0 Å². The van der Waals surface area contributed by atoms with Gasteiger partial charge in [0.1, 0.15) is 6.54 Å². The number of unbranched alkanes of at least 4 members (excludes halogenated alkanes) is 2. The Morgan fingerprint density at radius 3 is 1.87 bits per heavy atom. The molecule has 0 saturated heterocycles. The monoisotopic (exact) mass is 1140 g/mol. The molecule has 3 aliphatic rings. The van der Waals surface area contributed by atoms with Crippen LogP contribution in [-0.4, -0.2) is 86.1 Å². The van der Waals surface area contributed by atoms with Gasteiger partial charge in [0.05, 0.1) is 22.6 Å². The summed E-state index contributed by atoms with van der Waals surface area (Å²) in [5.41, 5.74) is -0.857. The highest BCUT2D eigenvalue weighted by molar-refractivity contribution is 9.10. The Balaban J connectivity index is 1.33. The number of nitrogens with zero attached hydrogens (tertiary/aromatic N) is 3. The molecule has 0 atom stereocenters. The zero-order chi connectivity index (χ0) is 50.9. The molecule has 0 bridgehead atoms. The van der Waals surface area contributed by atoms with Crippen molar-refractivity contribution >= 4 is 112 Å². The molecule has 370 valence electrons. The van der Waals surface area contributed by atoms with Gasteiger partial charge in [-0.3, -0.25) is 13.4 Å². The van der Waals surface area contributed by atoms with Gasteiger partial charge in [-0.15, -0.1) is 0 Å². The van der Waals surface area contributed by atoms with Crippen molar-refractivity contribution in [2.75, 3.05) is 36.5 Å². The number of likely N-dealkylation sites (N-methyl/N-ethyl adjacent to an activating group) is 1. The van der Waals surface area contributed by atoms with Gasteiger partial charge in [0.15, 0.2) is 5.71 Å². The average Bonchev–Trinajstić information content (AvgIpc) is 3.78. The molecule has 0 amide bonds. The summed E-state index contributed by atoms with van der Waals surface area (Å²) in [6.45, 7) is 8.76. The molecule has 0 spiro atoms. The van der Waals surface area contributed by atoms with E-state index in [-0.39, 0.29) is 29.7 Å². The van der Waals surface area contributed by atoms with Crippen molar-refractivity contribution in [3.63, 3.8) is 0 Å². The van der Waals surface area contributed by atoms with Crippen LogP contribution >= 0.6 is 31.9 Å². The largest absolute Gasteiger partial charge is 0.516 e. The van der Waals surface area contributed by atoms with Crippen LogP contribution < -0.4 is 4.90 Å². The molecule has 0 unspecified atom stereocenters. The third kappa shape index (κ3) is 9.71. The number of alkyl halides is 3. The summed E-state index contributed by atoms with van der Waals surface area (Å²) in [6, 6.07) is 26.7. The third-order valence-electron chi connectivity index (χ3n) is 13.5. The minimum absolute atomic E-state index is 0.160. The summed E-state index contributed by atoms with van der Waals surface area (Å²) in [7, 11) is -13.5. The molecule has 8 rings (SSSR count). The van der Waals surface area contributed by atoms with Gasteiger partial charge in [-0.25, -0.2) is 0 Å². The fraction of sp³-hybridized carbons (Fsp3) is 0.314. The quantitative estimate of drug-likeness (QED) is 0.0593. The fourth-order valence-electron chi connectivity index (χ4n) is 10.3. The van der Waals surface area contributed by atoms with E-state index in [1.807, 2.05) is 97.8 Å². The first kappa shape index (κ1) is 51.7. The number of sulfonamides is 1. The predicted octanol–water partition coefficient (Wildman–Crippen LogP) is 12.1. The molecule has 2 heterocycles. The van der Waals surface area contributed by atoms with Gasteiger partial charge in [0, 0.05) is 74.6 Å². The highest BCUT2D eigenvalue weighted by atomic mass is 79.9. The lowest BCUT2D eigenvalue weighted by Crippen LogP contribution is -2.37. The van der Waals surface area contributed by atoms with Gasteiger partial charge in [-0.1, -0.05) is 94.2 Å². The summed E-state index contributed by atoms with van der Waals surface area (Å²) < 4.78 is 141. The fourth-order valence-corrected chi connectivity index (χ4v) is 13.0. The number of fused-ring (bicyclic) bond motifs is 7. The Hall–Kier alpha value is -4.63. The van der Waals surface area contributed by atoms with Crippen molar-refractivity contribution in [3.8, 4) is 0 Å². The number of anilines is 1. The third-order valence-corrected chi connectivity index (χ3v) is 17.6. The average molecular weight is 1150 g/mol. The summed E-state index contributed by atoms with van der Waals surface area (Å²) in [6.07, 6.45) is 7.94. The molecule has 0 saturated carbocycles. The van der Waals surface area contributed by atoms with E-state index in [0.717, 1.165) is 71.4 Å². The molecular weight excluding hydrogens is 1100 g/mol. The molecule has 5 aromatic rings. The van der Waals surface area contributed by atoms with E-state index < -0.39 is 58.1 Å². The zero-order valence-electron chi connectivity index (χ0n) is 38.8. The molecule has 5 aromatic carbocycles. The van der Waals surface area contributed by atoms with Gasteiger partial charge < -0.3 is 4.90 Å². The first-order valence-corrected chi connectivity index (χ1v) is 28.7. The summed E-state index contributed by atoms with van der Waals surface area (Å²) in [4.78, 5) is 2.04. The Labute approximate surface area is 423 Å². The molecule has 1 aliphatic carbocycles. The Kier molecular flexibility index (Phi) is 13.9. The van der Waals surface area contributed by atoms with Crippen LogP contribution in [0, 0.1) is 0 Å². The second kappa shape index (κ2) is 18.8. The number of hydrogen-bond donors (Lipinski definition) is 2. The van der Waals surface area contributed by atoms with E-state index in [2.05, 4.69) is 31.9 Å². The minimum Gasteiger partial charge on any atom is -0.344 e. The second-order valence-electron chi connectivity index (χ2n) is 18.8. The van der Waals surface area contributed by atoms with Gasteiger partial charge in [0.25, 0.3) is 20.2 Å². The minimum atomic E-state index is -5.98. The lowest BCUT2D eigenvalue weighted by atomic mass is 9.79. The lowest BCUT2D eigenvalue weighted by Gasteiger charge is -2.27. The lowest BCUT2D eigenvalue weighted by molar-refractivity contribution is -0.438. The number of hydrogen-bond acceptors (Lipinski definition) is 7. The summed E-state index contributed by atoms with van der Waals surface area (Å²) >= 11 is 7.13. The highest BCUT2D eigenvalue weighted by Crippen LogP contribution is 2.53. The van der Waals surface area contributed by atoms with E-state index in [0.29, 0.717) is 41.4 Å². The Bertz CT molecular complexity index is 3510. The van der Waals surface area contributed by atoms with Crippen molar-refractivity contribution in [2.24, 2.45) is 0 Å². The Morgan fingerprint density at radius 1 is 0.700 bits per heavy atom. The maximum Gasteiger partial charge on any atom is 0.516 e. The highest BCUT2D eigenvalue weighted by Gasteiger charge is 2.51. The molecule has 0 aromatic heterocycles. The normalized spacial score (nSPS) is 18.0. The van der Waals surface area contributed by atoms with Gasteiger partial charge in [0.2, 0.25) is 5.69 Å². The first-order chi connectivity index (χ1) is 32.6. The number of allylic oxidation sites excluding steroid dienone is 7. The predicted molar refractivity (Wildman–Crippen MR) is 279 cm³/mol. The van der Waals surface area contributed by atoms with Crippen LogP contribution in [0.5, 0.6) is 0 Å². The molecular formula is C51H51Br2F3N3O8S3+. The molecule has 11 nitrogen and oxygen atoms in total. The van der Waals surface area contributed by atoms with Crippen LogP contribution in [0.25, 0.3) is 32.7 Å². The van der Waals surface area contributed by atoms with E-state index in [1.54, 1.807) is 48.6 Å². The van der Waals surface area contributed by atoms with Crippen molar-refractivity contribution in [2.45, 2.75) is 69.7 Å². The maximum atomic E-state index is 14.7. The van der Waals surface area contributed by atoms with E-state index in [9.17, 15) is 47.5 Å². The van der Waals surface area contributed by atoms with Crippen molar-refractivity contribution in [1.82, 2.24) is 4.31 Å². The van der Waals surface area contributed by atoms with E-state index >= 15 is 0 Å². The number of rotatable bonds is 15. The van der Waals surface area contributed by atoms with Gasteiger partial charge in [-0.2, -0.15) is 43.0 Å². The molecule has 0 fully saturated rings. The van der Waals surface area contributed by atoms with Crippen molar-refractivity contribution < 1.29 is 52.1 Å². The standard InChI is InChI=1S/C51H50Br2F3N3O8S3/c1-49(2)44(58(26-8-10-28-68(60,61)62)42-22-14-32-30-34(52)16-18-36(32)46(42)49)24-20-40-38-12-6-7-13-39(38)41(48(40)57(5)70(66,67)51(54,55)56)21-25-45-50(3,4)47-37-19-17-35(53)31-33(37)15-23-43(47)59(45)27-9-11-29-69(63,64)65/h6-7,12-25,30-31H,8-11,26-29H2,1-5H3,(H-,60,61,62,63,64,65)/p+1. The van der Waals surface area contributed by atoms with Crippen LogP contribution in [0.15, 0.2) is 130 Å². The van der Waals surface area contributed by atoms with E-state index in [1.165, 1.54) is 0 Å². The smallest absolute Gasteiger partial charge is 0.344 e. The van der Waals surface area contributed by atoms with Crippen LogP contribution in [0.1, 0.15) is 75.6 Å². The van der Waals surface area contributed by atoms with E-state index in [4.69, 9.17) is 0 Å². The maximum absolute atomic E-state index is 14.7. The van der Waals surface area contributed by atoms with Gasteiger partial charge in [-0.05, 0) is 120 Å². The topological polar surface area (TPSA) is 152 Å². The molecule has 0 radical (unpaired) electrons. The van der Waals surface area contributed by atoms with Crippen molar-refractivity contribution in [3.05, 3.63) is 152 Å². The number of halogens is 5. The van der Waals surface area contributed by atoms with Gasteiger partial charge >= 0.3 is 15.5 Å². The SMILES string of the molecule is CN(C1=C(/C=C/C2=[N+](CCCCS(=O)(=O)O)c3ccc4cc(Br)ccc4c3C2(C)C)c2ccccc2/C1=C\C=C1\N(CCCCS(=O)(=O)O)c2ccc3cc(Br)ccc3c2C1(C)C)S(=O)(=O)C(F)(F)F. The summed E-state index contributed by atoms with van der Waals surface area (Å²) in [5, 5.41) is 3.84. The first-order valence-electron chi connectivity index (χ1n) is 22.4. The van der Waals surface area contributed by atoms with Crippen LogP contribution in [0.4, 0.5) is 24.5 Å². The zero-order valence-corrected chi connectivity index (χ0v) is 44.5.